The molecule has 0 heterocycles. The zero-order valence-corrected chi connectivity index (χ0v) is 28.0. The van der Waals surface area contributed by atoms with Crippen molar-refractivity contribution in [3.63, 3.8) is 0 Å². The molecule has 0 aliphatic rings. The molecule has 0 aliphatic carbocycles. The maximum absolute atomic E-state index is 14.2. The van der Waals surface area contributed by atoms with Crippen molar-refractivity contribution in [3.05, 3.63) is 29.3 Å². The molecule has 0 bridgehead atoms. The lowest BCUT2D eigenvalue weighted by atomic mass is 9.98. The SMILES string of the molecule is CC(C)(C)C(=O)OCOP(=O)(O)C(Sc1ccc(Cl)cc1)P(=O)(OCOC(=O)C(C)(C)C)OCOC(=O)C(C)(C)C. The molecule has 0 radical (unpaired) electrons. The Labute approximate surface area is 250 Å². The van der Waals surface area contributed by atoms with Crippen LogP contribution in [0, 0.1) is 16.2 Å². The number of thioether (sulfide) groups is 1. The van der Waals surface area contributed by atoms with Gasteiger partial charge in [-0.3, -0.25) is 37.1 Å². The summed E-state index contributed by atoms with van der Waals surface area (Å²) in [6, 6.07) is 5.92. The number of carbonyl (C=O) groups is 3. The molecular weight excluding hydrogens is 622 g/mol. The van der Waals surface area contributed by atoms with Gasteiger partial charge in [-0.25, -0.2) is 0 Å². The summed E-state index contributed by atoms with van der Waals surface area (Å²) in [6.07, 6.45) is 0. The second kappa shape index (κ2) is 14.8. The Kier molecular flexibility index (Phi) is 13.6. The number of rotatable bonds is 13. The third-order valence-electron chi connectivity index (χ3n) is 4.71. The van der Waals surface area contributed by atoms with Crippen LogP contribution < -0.4 is 0 Å². The fourth-order valence-corrected chi connectivity index (χ4v) is 8.36. The number of hydrogen-bond acceptors (Lipinski definition) is 12. The van der Waals surface area contributed by atoms with Crippen LogP contribution in [0.5, 0.6) is 0 Å². The van der Waals surface area contributed by atoms with Gasteiger partial charge in [-0.1, -0.05) is 23.4 Å². The van der Waals surface area contributed by atoms with Gasteiger partial charge in [0.05, 0.1) is 16.2 Å². The lowest BCUT2D eigenvalue weighted by Crippen LogP contribution is -2.26. The first-order valence-electron chi connectivity index (χ1n) is 12.3. The van der Waals surface area contributed by atoms with Gasteiger partial charge in [0.2, 0.25) is 25.1 Å². The second-order valence-corrected chi connectivity index (χ2v) is 18.5. The molecule has 2 unspecified atom stereocenters. The second-order valence-electron chi connectivity index (χ2n) is 11.8. The van der Waals surface area contributed by atoms with Crippen LogP contribution in [0.1, 0.15) is 62.3 Å². The summed E-state index contributed by atoms with van der Waals surface area (Å²) in [5, 5.41) is 0.363. The van der Waals surface area contributed by atoms with Crippen molar-refractivity contribution >= 4 is 56.5 Å². The third kappa shape index (κ3) is 12.8. The molecule has 0 aromatic heterocycles. The Hall–Kier alpha value is -1.43. The molecule has 234 valence electrons. The number of halogens is 1. The average molecular weight is 661 g/mol. The first-order chi connectivity index (χ1) is 18.5. The highest BCUT2D eigenvalue weighted by Crippen LogP contribution is 2.73. The van der Waals surface area contributed by atoms with E-state index in [1.807, 2.05) is 0 Å². The lowest BCUT2D eigenvalue weighted by molar-refractivity contribution is -0.162. The van der Waals surface area contributed by atoms with Crippen molar-refractivity contribution in [1.29, 1.82) is 0 Å². The number of esters is 3. The smallest absolute Gasteiger partial charge is 0.361 e. The molecular formula is C25H39ClO12P2S. The quantitative estimate of drug-likeness (QED) is 0.0775. The largest absolute Gasteiger partial charge is 0.438 e. The molecule has 0 saturated carbocycles. The number of benzene rings is 1. The Morgan fingerprint density at radius 3 is 1.41 bits per heavy atom. The van der Waals surface area contributed by atoms with Gasteiger partial charge in [0.15, 0.2) is 0 Å². The van der Waals surface area contributed by atoms with Gasteiger partial charge in [0, 0.05) is 9.92 Å². The lowest BCUT2D eigenvalue weighted by Gasteiger charge is -2.29. The van der Waals surface area contributed by atoms with Crippen molar-refractivity contribution < 1.29 is 56.2 Å². The third-order valence-corrected chi connectivity index (χ3v) is 12.2. The highest BCUT2D eigenvalue weighted by Gasteiger charge is 2.51. The van der Waals surface area contributed by atoms with E-state index in [1.54, 1.807) is 62.3 Å². The van der Waals surface area contributed by atoms with E-state index in [0.29, 0.717) is 21.7 Å². The van der Waals surface area contributed by atoms with Crippen LogP contribution in [-0.4, -0.2) is 47.9 Å². The minimum atomic E-state index is -5.04. The molecule has 1 rings (SSSR count). The normalized spacial score (nSPS) is 15.0. The summed E-state index contributed by atoms with van der Waals surface area (Å²) < 4.78 is 56.3. The maximum atomic E-state index is 14.2. The molecule has 0 spiro atoms. The maximum Gasteiger partial charge on any atom is 0.361 e. The van der Waals surface area contributed by atoms with Crippen molar-refractivity contribution in [1.82, 2.24) is 0 Å². The van der Waals surface area contributed by atoms with E-state index in [1.165, 1.54) is 24.3 Å². The Morgan fingerprint density at radius 1 is 0.732 bits per heavy atom. The van der Waals surface area contributed by atoms with Gasteiger partial charge in [0.1, 0.15) is 0 Å². The zero-order valence-electron chi connectivity index (χ0n) is 24.6. The Morgan fingerprint density at radius 2 is 1.07 bits per heavy atom. The zero-order chi connectivity index (χ0) is 31.9. The van der Waals surface area contributed by atoms with Crippen LogP contribution in [0.2, 0.25) is 5.02 Å². The molecule has 16 heteroatoms. The summed E-state index contributed by atoms with van der Waals surface area (Å²) in [5.41, 5.74) is -2.82. The van der Waals surface area contributed by atoms with Crippen molar-refractivity contribution in [2.24, 2.45) is 16.2 Å². The van der Waals surface area contributed by atoms with Gasteiger partial charge in [-0.2, -0.15) is 0 Å². The van der Waals surface area contributed by atoms with E-state index in [9.17, 15) is 28.4 Å². The van der Waals surface area contributed by atoms with Gasteiger partial charge in [-0.05, 0) is 86.6 Å². The molecule has 0 amide bonds. The van der Waals surface area contributed by atoms with Crippen LogP contribution in [0.4, 0.5) is 0 Å². The molecule has 12 nitrogen and oxygen atoms in total. The van der Waals surface area contributed by atoms with E-state index in [0.717, 1.165) is 0 Å². The highest BCUT2D eigenvalue weighted by atomic mass is 35.5. The fraction of sp³-hybridized carbons (Fsp3) is 0.640. The van der Waals surface area contributed by atoms with Crippen LogP contribution >= 0.6 is 38.6 Å². The number of hydrogen-bond donors (Lipinski definition) is 1. The molecule has 0 saturated heterocycles. The molecule has 0 aliphatic heterocycles. The average Bonchev–Trinajstić information content (AvgIpc) is 2.81. The first kappa shape index (κ1) is 37.6. The van der Waals surface area contributed by atoms with E-state index in [2.05, 4.69) is 0 Å². The van der Waals surface area contributed by atoms with Gasteiger partial charge >= 0.3 is 33.1 Å². The van der Waals surface area contributed by atoms with Crippen molar-refractivity contribution in [2.75, 3.05) is 20.4 Å². The molecule has 1 aromatic rings. The summed E-state index contributed by atoms with van der Waals surface area (Å²) in [6.45, 7) is 11.3. The number of ether oxygens (including phenoxy) is 3. The van der Waals surface area contributed by atoms with E-state index < -0.39 is 74.5 Å². The van der Waals surface area contributed by atoms with Crippen LogP contribution in [0.25, 0.3) is 0 Å². The summed E-state index contributed by atoms with van der Waals surface area (Å²) in [5.74, 6) is -2.16. The molecule has 1 aromatic carbocycles. The van der Waals surface area contributed by atoms with Crippen molar-refractivity contribution in [2.45, 2.75) is 71.9 Å². The fourth-order valence-electron chi connectivity index (χ4n) is 2.28. The first-order valence-corrected chi connectivity index (χ1v) is 16.8. The topological polar surface area (TPSA) is 161 Å². The minimum Gasteiger partial charge on any atom is -0.438 e. The van der Waals surface area contributed by atoms with E-state index in [-0.39, 0.29) is 0 Å². The van der Waals surface area contributed by atoms with Gasteiger partial charge < -0.3 is 19.1 Å². The van der Waals surface area contributed by atoms with E-state index >= 15 is 0 Å². The monoisotopic (exact) mass is 660 g/mol. The van der Waals surface area contributed by atoms with Gasteiger partial charge in [0.25, 0.3) is 0 Å². The van der Waals surface area contributed by atoms with Gasteiger partial charge in [-0.15, -0.1) is 0 Å². The summed E-state index contributed by atoms with van der Waals surface area (Å²) in [4.78, 5) is 47.9. The summed E-state index contributed by atoms with van der Waals surface area (Å²) in [7, 11) is -9.89. The molecule has 2 atom stereocenters. The molecule has 0 fully saturated rings. The van der Waals surface area contributed by atoms with E-state index in [4.69, 9.17) is 39.4 Å². The standard InChI is InChI=1S/C25H39ClO12P2S/c1-23(2,3)19(27)33-14-36-39(30,31)22(41-18-12-10-17(26)11-13-18)40(32,37-15-34-20(28)24(4,5)6)38-16-35-21(29)25(7,8)9/h10-13,22H,14-16H2,1-9H3,(H,30,31). The Bertz CT molecular complexity index is 1120. The highest BCUT2D eigenvalue weighted by molar-refractivity contribution is 8.12. The Balaban J connectivity index is 3.40. The van der Waals surface area contributed by atoms with Crippen LogP contribution in [0.3, 0.4) is 0 Å². The summed E-state index contributed by atoms with van der Waals surface area (Å²) >= 11 is 6.52. The van der Waals surface area contributed by atoms with Crippen LogP contribution in [0.15, 0.2) is 29.2 Å². The predicted molar refractivity (Wildman–Crippen MR) is 153 cm³/mol. The predicted octanol–water partition coefficient (Wildman–Crippen LogP) is 6.78. The minimum absolute atomic E-state index is 0.301. The molecule has 41 heavy (non-hydrogen) atoms. The van der Waals surface area contributed by atoms with Crippen molar-refractivity contribution in [3.8, 4) is 0 Å². The number of carbonyl (C=O) groups excluding carboxylic acids is 3. The molecule has 1 N–H and O–H groups in total. The van der Waals surface area contributed by atoms with Crippen LogP contribution in [-0.2, 0) is 51.3 Å².